The Morgan fingerprint density at radius 1 is 0.457 bits per heavy atom. The predicted molar refractivity (Wildman–Crippen MR) is 188 cm³/mol. The van der Waals surface area contributed by atoms with Crippen LogP contribution >= 0.6 is 0 Å². The highest BCUT2D eigenvalue weighted by atomic mass is 16.5. The molecule has 0 saturated carbocycles. The van der Waals surface area contributed by atoms with E-state index in [4.69, 9.17) is 14.1 Å². The van der Waals surface area contributed by atoms with Gasteiger partial charge < -0.3 is 9.15 Å². The summed E-state index contributed by atoms with van der Waals surface area (Å²) >= 11 is 0. The van der Waals surface area contributed by atoms with Crippen LogP contribution in [0.4, 0.5) is 0 Å². The van der Waals surface area contributed by atoms with Crippen LogP contribution in [0.3, 0.4) is 0 Å². The van der Waals surface area contributed by atoms with Crippen molar-refractivity contribution in [2.45, 2.75) is 6.42 Å². The average molecular weight is 592 g/mol. The largest absolute Gasteiger partial charge is 0.493 e. The van der Waals surface area contributed by atoms with Crippen LogP contribution in [0.2, 0.25) is 0 Å². The van der Waals surface area contributed by atoms with E-state index in [9.17, 15) is 0 Å². The molecule has 0 fully saturated rings. The Bertz CT molecular complexity index is 2330. The number of benzene rings is 6. The molecule has 0 aliphatic carbocycles. The Morgan fingerprint density at radius 3 is 1.80 bits per heavy atom. The monoisotopic (exact) mass is 591 g/mol. The number of nitrogens with zero attached hydrogens (tertiary/aromatic N) is 1. The number of aromatic nitrogens is 1. The van der Waals surface area contributed by atoms with Crippen molar-refractivity contribution in [1.82, 2.24) is 4.98 Å². The SMILES string of the molecule is c1ccc(-c2cc(-c3cc(-c4cccc5c4CCO5)cc(-c4cccc5oc6ccccc6c45)c3)cc(-c3ccccc3)n2)cc1. The van der Waals surface area contributed by atoms with E-state index in [1.165, 1.54) is 16.7 Å². The summed E-state index contributed by atoms with van der Waals surface area (Å²) in [6.45, 7) is 0.713. The summed E-state index contributed by atoms with van der Waals surface area (Å²) in [6.07, 6.45) is 0.901. The Hall–Kier alpha value is -5.93. The Balaban J connectivity index is 1.32. The lowest BCUT2D eigenvalue weighted by molar-refractivity contribution is 0.357. The van der Waals surface area contributed by atoms with Gasteiger partial charge in [0.2, 0.25) is 0 Å². The number of furan rings is 1. The minimum absolute atomic E-state index is 0.713. The second-order valence-electron chi connectivity index (χ2n) is 11.8. The molecular formula is C43H29NO2. The molecule has 1 aliphatic rings. The van der Waals surface area contributed by atoms with Gasteiger partial charge in [-0.2, -0.15) is 0 Å². The smallest absolute Gasteiger partial charge is 0.136 e. The topological polar surface area (TPSA) is 35.3 Å². The lowest BCUT2D eigenvalue weighted by Crippen LogP contribution is -1.93. The number of hydrogen-bond acceptors (Lipinski definition) is 3. The van der Waals surface area contributed by atoms with Crippen LogP contribution in [-0.2, 0) is 6.42 Å². The van der Waals surface area contributed by atoms with E-state index in [1.54, 1.807) is 0 Å². The first-order chi connectivity index (χ1) is 22.8. The third kappa shape index (κ3) is 4.56. The van der Waals surface area contributed by atoms with Crippen LogP contribution in [0.1, 0.15) is 5.56 Å². The fourth-order valence-electron chi connectivity index (χ4n) is 6.82. The van der Waals surface area contributed by atoms with E-state index < -0.39 is 0 Å². The second-order valence-corrected chi connectivity index (χ2v) is 11.8. The van der Waals surface area contributed by atoms with Gasteiger partial charge in [0, 0.05) is 33.9 Å². The van der Waals surface area contributed by atoms with Crippen LogP contribution in [0.15, 0.2) is 156 Å². The first-order valence-corrected chi connectivity index (χ1v) is 15.7. The van der Waals surface area contributed by atoms with Crippen molar-refractivity contribution in [3.8, 4) is 61.6 Å². The molecule has 0 bridgehead atoms. The molecule has 0 saturated heterocycles. The molecule has 0 amide bonds. The summed E-state index contributed by atoms with van der Waals surface area (Å²) < 4.78 is 12.3. The highest BCUT2D eigenvalue weighted by molar-refractivity contribution is 6.12. The lowest BCUT2D eigenvalue weighted by atomic mass is 9.89. The predicted octanol–water partition coefficient (Wildman–Crippen LogP) is 11.3. The van der Waals surface area contributed by atoms with Crippen LogP contribution < -0.4 is 4.74 Å². The molecule has 2 aromatic heterocycles. The number of ether oxygens (including phenoxy) is 1. The highest BCUT2D eigenvalue weighted by Crippen LogP contribution is 2.42. The molecule has 9 rings (SSSR count). The van der Waals surface area contributed by atoms with Crippen LogP contribution in [0, 0.1) is 0 Å². The number of para-hydroxylation sites is 1. The van der Waals surface area contributed by atoms with Gasteiger partial charge in [-0.1, -0.05) is 103 Å². The maximum Gasteiger partial charge on any atom is 0.136 e. The van der Waals surface area contributed by atoms with E-state index in [1.807, 2.05) is 24.3 Å². The van der Waals surface area contributed by atoms with E-state index in [0.717, 1.165) is 78.9 Å². The van der Waals surface area contributed by atoms with Crippen molar-refractivity contribution in [1.29, 1.82) is 0 Å². The molecule has 0 radical (unpaired) electrons. The molecule has 0 spiro atoms. The minimum Gasteiger partial charge on any atom is -0.493 e. The minimum atomic E-state index is 0.713. The lowest BCUT2D eigenvalue weighted by Gasteiger charge is -2.15. The summed E-state index contributed by atoms with van der Waals surface area (Å²) in [4.78, 5) is 5.15. The molecule has 218 valence electrons. The first kappa shape index (κ1) is 26.5. The van der Waals surface area contributed by atoms with Gasteiger partial charge in [-0.15, -0.1) is 0 Å². The number of pyridine rings is 1. The van der Waals surface area contributed by atoms with Crippen LogP contribution in [-0.4, -0.2) is 11.6 Å². The van der Waals surface area contributed by atoms with Crippen molar-refractivity contribution < 1.29 is 9.15 Å². The van der Waals surface area contributed by atoms with Crippen LogP contribution in [0.5, 0.6) is 5.75 Å². The fourth-order valence-corrected chi connectivity index (χ4v) is 6.82. The molecule has 1 aliphatic heterocycles. The maximum atomic E-state index is 6.31. The molecule has 46 heavy (non-hydrogen) atoms. The molecule has 3 nitrogen and oxygen atoms in total. The molecule has 3 heterocycles. The van der Waals surface area contributed by atoms with Crippen molar-refractivity contribution in [3.63, 3.8) is 0 Å². The van der Waals surface area contributed by atoms with E-state index in [-0.39, 0.29) is 0 Å². The van der Waals surface area contributed by atoms with Crippen molar-refractivity contribution in [2.75, 3.05) is 6.61 Å². The van der Waals surface area contributed by atoms with E-state index in [0.29, 0.717) is 6.61 Å². The second kappa shape index (κ2) is 10.9. The van der Waals surface area contributed by atoms with Gasteiger partial charge >= 0.3 is 0 Å². The number of fused-ring (bicyclic) bond motifs is 4. The van der Waals surface area contributed by atoms with Gasteiger partial charge in [0.05, 0.1) is 18.0 Å². The molecule has 3 heteroatoms. The quantitative estimate of drug-likeness (QED) is 0.200. The zero-order valence-corrected chi connectivity index (χ0v) is 25.1. The molecule has 8 aromatic rings. The zero-order chi connectivity index (χ0) is 30.5. The van der Waals surface area contributed by atoms with Gasteiger partial charge in [-0.3, -0.25) is 0 Å². The average Bonchev–Trinajstić information content (AvgIpc) is 3.77. The Kier molecular flexibility index (Phi) is 6.27. The normalized spacial score (nSPS) is 12.3. The van der Waals surface area contributed by atoms with Gasteiger partial charge in [0.15, 0.2) is 0 Å². The summed E-state index contributed by atoms with van der Waals surface area (Å²) in [7, 11) is 0. The highest BCUT2D eigenvalue weighted by Gasteiger charge is 2.20. The number of hydrogen-bond donors (Lipinski definition) is 0. The molecular weight excluding hydrogens is 562 g/mol. The van der Waals surface area contributed by atoms with Gasteiger partial charge in [0.25, 0.3) is 0 Å². The number of rotatable bonds is 5. The van der Waals surface area contributed by atoms with Gasteiger partial charge in [-0.05, 0) is 81.9 Å². The zero-order valence-electron chi connectivity index (χ0n) is 25.1. The van der Waals surface area contributed by atoms with E-state index in [2.05, 4.69) is 127 Å². The van der Waals surface area contributed by atoms with Crippen molar-refractivity contribution in [3.05, 3.63) is 157 Å². The maximum absolute atomic E-state index is 6.31. The Labute approximate surface area is 267 Å². The molecule has 6 aromatic carbocycles. The summed E-state index contributed by atoms with van der Waals surface area (Å²) in [5.41, 5.74) is 14.0. The van der Waals surface area contributed by atoms with Gasteiger partial charge in [0.1, 0.15) is 16.9 Å². The van der Waals surface area contributed by atoms with E-state index >= 15 is 0 Å². The fraction of sp³-hybridized carbons (Fsp3) is 0.0465. The molecule has 0 atom stereocenters. The van der Waals surface area contributed by atoms with Gasteiger partial charge in [-0.25, -0.2) is 4.98 Å². The van der Waals surface area contributed by atoms with Crippen LogP contribution in [0.25, 0.3) is 77.8 Å². The standard InChI is InChI=1S/C43H29NO2/c1-3-11-28(12-4-1)38-26-31(27-39(44-38)29-13-5-2-6-14-29)30-23-32(34-16-9-19-40-36(34)21-22-45-40)25-33(24-30)35-17-10-20-42-43(35)37-15-7-8-18-41(37)46-42/h1-20,23-27H,21-22H2. The molecule has 0 N–H and O–H groups in total. The third-order valence-corrected chi connectivity index (χ3v) is 9.00. The molecule has 0 unspecified atom stereocenters. The summed E-state index contributed by atoms with van der Waals surface area (Å²) in [6, 6.07) is 53.3. The van der Waals surface area contributed by atoms with Crippen molar-refractivity contribution in [2.24, 2.45) is 0 Å². The Morgan fingerprint density at radius 2 is 1.04 bits per heavy atom. The summed E-state index contributed by atoms with van der Waals surface area (Å²) in [5.74, 6) is 0.981. The third-order valence-electron chi connectivity index (χ3n) is 9.00. The first-order valence-electron chi connectivity index (χ1n) is 15.7. The summed E-state index contributed by atoms with van der Waals surface area (Å²) in [5, 5.41) is 2.25. The van der Waals surface area contributed by atoms with Crippen molar-refractivity contribution >= 4 is 21.9 Å².